The summed E-state index contributed by atoms with van der Waals surface area (Å²) in [5, 5.41) is 0. The third-order valence-corrected chi connectivity index (χ3v) is 4.07. The standard InChI is InChI=1S/C13H9BrFNO2S/c14-11-6-4-10(5-7-11)9-16-19(17,18)13-3-1-2-12(15)8-13/h1-9H. The summed E-state index contributed by atoms with van der Waals surface area (Å²) >= 11 is 3.28. The topological polar surface area (TPSA) is 46.5 Å². The second-order valence-electron chi connectivity index (χ2n) is 3.72. The van der Waals surface area contributed by atoms with Gasteiger partial charge in [-0.1, -0.05) is 34.1 Å². The molecule has 0 amide bonds. The third kappa shape index (κ3) is 3.71. The van der Waals surface area contributed by atoms with Gasteiger partial charge in [0.25, 0.3) is 10.0 Å². The van der Waals surface area contributed by atoms with Gasteiger partial charge < -0.3 is 0 Å². The highest BCUT2D eigenvalue weighted by atomic mass is 79.9. The Labute approximate surface area is 119 Å². The van der Waals surface area contributed by atoms with Crippen molar-refractivity contribution in [3.63, 3.8) is 0 Å². The molecule has 0 radical (unpaired) electrons. The smallest absolute Gasteiger partial charge is 0.207 e. The highest BCUT2D eigenvalue weighted by molar-refractivity contribution is 9.10. The van der Waals surface area contributed by atoms with Crippen molar-refractivity contribution in [2.24, 2.45) is 4.40 Å². The molecule has 0 aliphatic rings. The number of rotatable bonds is 3. The van der Waals surface area contributed by atoms with E-state index in [1.807, 2.05) is 0 Å². The molecule has 0 fully saturated rings. The number of nitrogens with zero attached hydrogens (tertiary/aromatic N) is 1. The van der Waals surface area contributed by atoms with Gasteiger partial charge >= 0.3 is 0 Å². The fraction of sp³-hybridized carbons (Fsp3) is 0. The van der Waals surface area contributed by atoms with Crippen molar-refractivity contribution in [2.45, 2.75) is 4.90 Å². The Morgan fingerprint density at radius 3 is 2.42 bits per heavy atom. The largest absolute Gasteiger partial charge is 0.282 e. The second-order valence-corrected chi connectivity index (χ2v) is 6.27. The van der Waals surface area contributed by atoms with Crippen molar-refractivity contribution < 1.29 is 12.8 Å². The van der Waals surface area contributed by atoms with Crippen LogP contribution in [0.3, 0.4) is 0 Å². The molecule has 0 unspecified atom stereocenters. The van der Waals surface area contributed by atoms with E-state index < -0.39 is 15.8 Å². The van der Waals surface area contributed by atoms with Crippen molar-refractivity contribution in [3.05, 3.63) is 64.4 Å². The molecule has 19 heavy (non-hydrogen) atoms. The monoisotopic (exact) mass is 341 g/mol. The van der Waals surface area contributed by atoms with Gasteiger partial charge in [-0.15, -0.1) is 0 Å². The summed E-state index contributed by atoms with van der Waals surface area (Å²) in [5.74, 6) is -0.611. The summed E-state index contributed by atoms with van der Waals surface area (Å²) < 4.78 is 41.1. The fourth-order valence-electron chi connectivity index (χ4n) is 1.37. The van der Waals surface area contributed by atoms with E-state index in [-0.39, 0.29) is 4.90 Å². The molecule has 0 N–H and O–H groups in total. The van der Waals surface area contributed by atoms with Crippen LogP contribution in [-0.2, 0) is 10.0 Å². The van der Waals surface area contributed by atoms with E-state index in [9.17, 15) is 12.8 Å². The number of sulfonamides is 1. The molecule has 0 bridgehead atoms. The average Bonchev–Trinajstić information content (AvgIpc) is 2.38. The zero-order chi connectivity index (χ0) is 13.9. The van der Waals surface area contributed by atoms with Crippen LogP contribution in [0.4, 0.5) is 4.39 Å². The Morgan fingerprint density at radius 1 is 1.11 bits per heavy atom. The third-order valence-electron chi connectivity index (χ3n) is 2.30. The first-order chi connectivity index (χ1) is 8.97. The van der Waals surface area contributed by atoms with Crippen LogP contribution in [0.15, 0.2) is 62.3 Å². The van der Waals surface area contributed by atoms with Crippen LogP contribution in [0.1, 0.15) is 5.56 Å². The van der Waals surface area contributed by atoms with E-state index in [2.05, 4.69) is 20.3 Å². The van der Waals surface area contributed by atoms with Crippen molar-refractivity contribution in [2.75, 3.05) is 0 Å². The Morgan fingerprint density at radius 2 is 1.79 bits per heavy atom. The number of hydrogen-bond donors (Lipinski definition) is 0. The van der Waals surface area contributed by atoms with Gasteiger partial charge in [-0.2, -0.15) is 12.8 Å². The van der Waals surface area contributed by atoms with Crippen LogP contribution in [0.5, 0.6) is 0 Å². The normalized spacial score (nSPS) is 11.9. The highest BCUT2D eigenvalue weighted by Gasteiger charge is 2.12. The molecular formula is C13H9BrFNO2S. The summed E-state index contributed by atoms with van der Waals surface area (Å²) in [6, 6.07) is 11.7. The van der Waals surface area contributed by atoms with Crippen LogP contribution < -0.4 is 0 Å². The quantitative estimate of drug-likeness (QED) is 0.803. The van der Waals surface area contributed by atoms with Crippen LogP contribution in [-0.4, -0.2) is 14.6 Å². The lowest BCUT2D eigenvalue weighted by Crippen LogP contribution is -1.98. The molecule has 2 rings (SSSR count). The summed E-state index contributed by atoms with van der Waals surface area (Å²) in [6.45, 7) is 0. The molecule has 0 aromatic heterocycles. The Balaban J connectivity index is 2.29. The molecule has 98 valence electrons. The number of benzene rings is 2. The molecule has 6 heteroatoms. The number of halogens is 2. The zero-order valence-electron chi connectivity index (χ0n) is 9.62. The van der Waals surface area contributed by atoms with Crippen LogP contribution in [0, 0.1) is 5.82 Å². The SMILES string of the molecule is O=S(=O)(N=Cc1ccc(Br)cc1)c1cccc(F)c1. The van der Waals surface area contributed by atoms with E-state index in [1.165, 1.54) is 24.4 Å². The predicted molar refractivity (Wildman–Crippen MR) is 75.3 cm³/mol. The van der Waals surface area contributed by atoms with Gasteiger partial charge in [0.1, 0.15) is 5.82 Å². The first-order valence-corrected chi connectivity index (χ1v) is 7.52. The fourth-order valence-corrected chi connectivity index (χ4v) is 2.53. The van der Waals surface area contributed by atoms with Gasteiger partial charge in [-0.25, -0.2) is 4.39 Å². The summed E-state index contributed by atoms with van der Waals surface area (Å²) in [6.07, 6.45) is 1.23. The van der Waals surface area contributed by atoms with E-state index >= 15 is 0 Å². The Hall–Kier alpha value is -1.53. The second kappa shape index (κ2) is 5.63. The first kappa shape index (κ1) is 13.9. The van der Waals surface area contributed by atoms with Crippen molar-refractivity contribution in [1.29, 1.82) is 0 Å². The molecule has 0 saturated heterocycles. The molecular weight excluding hydrogens is 333 g/mol. The molecule has 2 aromatic carbocycles. The molecule has 0 saturated carbocycles. The maximum atomic E-state index is 13.0. The average molecular weight is 342 g/mol. The minimum absolute atomic E-state index is 0.166. The van der Waals surface area contributed by atoms with E-state index in [4.69, 9.17) is 0 Å². The van der Waals surface area contributed by atoms with E-state index in [0.29, 0.717) is 5.56 Å². The predicted octanol–water partition coefficient (Wildman–Crippen LogP) is 3.40. The molecule has 0 aliphatic heterocycles. The van der Waals surface area contributed by atoms with Crippen molar-refractivity contribution in [1.82, 2.24) is 0 Å². The molecule has 0 heterocycles. The minimum Gasteiger partial charge on any atom is -0.207 e. The molecule has 0 spiro atoms. The van der Waals surface area contributed by atoms with Crippen LogP contribution >= 0.6 is 15.9 Å². The van der Waals surface area contributed by atoms with E-state index in [0.717, 1.165) is 10.5 Å². The first-order valence-electron chi connectivity index (χ1n) is 5.29. The molecule has 2 aromatic rings. The lowest BCUT2D eigenvalue weighted by Gasteiger charge is -1.98. The lowest BCUT2D eigenvalue weighted by molar-refractivity contribution is 0.592. The Bertz CT molecular complexity index is 712. The number of hydrogen-bond acceptors (Lipinski definition) is 2. The van der Waals surface area contributed by atoms with Gasteiger partial charge in [0, 0.05) is 10.7 Å². The maximum absolute atomic E-state index is 13.0. The highest BCUT2D eigenvalue weighted by Crippen LogP contribution is 2.14. The summed E-state index contributed by atoms with van der Waals surface area (Å²) in [5.41, 5.74) is 0.642. The summed E-state index contributed by atoms with van der Waals surface area (Å²) in [7, 11) is -3.87. The van der Waals surface area contributed by atoms with Gasteiger partial charge in [0.2, 0.25) is 0 Å². The molecule has 0 atom stereocenters. The van der Waals surface area contributed by atoms with Gasteiger partial charge in [0.05, 0.1) is 4.90 Å². The van der Waals surface area contributed by atoms with Crippen molar-refractivity contribution in [3.8, 4) is 0 Å². The Kier molecular flexibility index (Phi) is 4.11. The summed E-state index contributed by atoms with van der Waals surface area (Å²) in [4.78, 5) is -0.166. The molecule has 3 nitrogen and oxygen atoms in total. The van der Waals surface area contributed by atoms with E-state index in [1.54, 1.807) is 24.3 Å². The van der Waals surface area contributed by atoms with Gasteiger partial charge in [0.15, 0.2) is 0 Å². The lowest BCUT2D eigenvalue weighted by atomic mass is 10.2. The molecule has 0 aliphatic carbocycles. The van der Waals surface area contributed by atoms with Gasteiger partial charge in [-0.05, 0) is 35.9 Å². The van der Waals surface area contributed by atoms with Gasteiger partial charge in [-0.3, -0.25) is 0 Å². The maximum Gasteiger partial charge on any atom is 0.282 e. The van der Waals surface area contributed by atoms with Crippen molar-refractivity contribution >= 4 is 32.2 Å². The van der Waals surface area contributed by atoms with Crippen LogP contribution in [0.25, 0.3) is 0 Å². The zero-order valence-corrected chi connectivity index (χ0v) is 12.0. The van der Waals surface area contributed by atoms with Crippen LogP contribution in [0.2, 0.25) is 0 Å². The minimum atomic E-state index is -3.87.